The first-order chi connectivity index (χ1) is 14.7. The monoisotopic (exact) mass is 426 g/mol. The molecule has 0 saturated heterocycles. The van der Waals surface area contributed by atoms with Crippen molar-refractivity contribution < 1.29 is 22.7 Å². The number of aromatic nitrogens is 2. The van der Waals surface area contributed by atoms with Gasteiger partial charge in [0.1, 0.15) is 5.75 Å². The van der Waals surface area contributed by atoms with Crippen LogP contribution >= 0.6 is 0 Å². The van der Waals surface area contributed by atoms with Crippen LogP contribution in [-0.2, 0) is 6.18 Å². The molecule has 31 heavy (non-hydrogen) atoms. The van der Waals surface area contributed by atoms with E-state index in [1.54, 1.807) is 6.07 Å². The summed E-state index contributed by atoms with van der Waals surface area (Å²) in [5.74, 6) is 5.68. The van der Waals surface area contributed by atoms with Crippen LogP contribution in [0, 0.1) is 18.8 Å². The molecule has 0 aliphatic carbocycles. The molecule has 0 aliphatic heterocycles. The summed E-state index contributed by atoms with van der Waals surface area (Å²) in [5, 5.41) is 2.52. The van der Waals surface area contributed by atoms with Gasteiger partial charge in [-0.05, 0) is 42.8 Å². The van der Waals surface area contributed by atoms with E-state index in [9.17, 15) is 18.0 Å². The van der Waals surface area contributed by atoms with Crippen LogP contribution in [0.1, 0.15) is 32.6 Å². The molecule has 1 heterocycles. The average molecular weight is 426 g/mol. The third-order valence-electron chi connectivity index (χ3n) is 4.36. The Labute approximate surface area is 176 Å². The second-order valence-corrected chi connectivity index (χ2v) is 6.43. The van der Waals surface area contributed by atoms with Gasteiger partial charge in [0.2, 0.25) is 5.95 Å². The summed E-state index contributed by atoms with van der Waals surface area (Å²) in [6.45, 7) is 1.30. The Morgan fingerprint density at radius 3 is 2.48 bits per heavy atom. The highest BCUT2D eigenvalue weighted by Gasteiger charge is 2.33. The van der Waals surface area contributed by atoms with Crippen LogP contribution in [0.25, 0.3) is 0 Å². The summed E-state index contributed by atoms with van der Waals surface area (Å²) in [6, 6.07) is 8.15. The fraction of sp³-hybridized carbons (Fsp3) is 0.136. The predicted octanol–water partition coefficient (Wildman–Crippen LogP) is 4.05. The zero-order valence-electron chi connectivity index (χ0n) is 16.5. The molecule has 3 N–H and O–H groups in total. The SMILES string of the molecule is COc1ccc(C(=O)Nc2cccc(C(F)(F)F)c2C)cc1C#Cc1cnc(N)nc1. The topological polar surface area (TPSA) is 90.1 Å². The molecule has 0 bridgehead atoms. The number of halogens is 3. The summed E-state index contributed by atoms with van der Waals surface area (Å²) < 4.78 is 44.6. The molecule has 0 saturated carbocycles. The normalized spacial score (nSPS) is 10.7. The molecular weight excluding hydrogens is 409 g/mol. The van der Waals surface area contributed by atoms with Crippen LogP contribution in [0.5, 0.6) is 5.75 Å². The number of carbonyl (C=O) groups excluding carboxylic acids is 1. The van der Waals surface area contributed by atoms with Gasteiger partial charge in [0, 0.05) is 23.6 Å². The number of nitrogens with one attached hydrogen (secondary N) is 1. The van der Waals surface area contributed by atoms with Crippen molar-refractivity contribution in [2.45, 2.75) is 13.1 Å². The number of rotatable bonds is 3. The minimum absolute atomic E-state index is 0.0692. The molecule has 6 nitrogen and oxygen atoms in total. The van der Waals surface area contributed by atoms with E-state index in [4.69, 9.17) is 10.5 Å². The predicted molar refractivity (Wildman–Crippen MR) is 110 cm³/mol. The number of anilines is 2. The molecule has 2 aromatic carbocycles. The van der Waals surface area contributed by atoms with Crippen LogP contribution in [0.2, 0.25) is 0 Å². The van der Waals surface area contributed by atoms with Crippen molar-refractivity contribution in [3.8, 4) is 17.6 Å². The molecule has 158 valence electrons. The third-order valence-corrected chi connectivity index (χ3v) is 4.36. The van der Waals surface area contributed by atoms with Crippen LogP contribution < -0.4 is 15.8 Å². The maximum atomic E-state index is 13.1. The molecule has 0 spiro atoms. The maximum absolute atomic E-state index is 13.1. The van der Waals surface area contributed by atoms with Crippen molar-refractivity contribution in [3.05, 3.63) is 76.6 Å². The Balaban J connectivity index is 1.90. The largest absolute Gasteiger partial charge is 0.495 e. The Kier molecular flexibility index (Phi) is 6.11. The lowest BCUT2D eigenvalue weighted by atomic mass is 10.1. The van der Waals surface area contributed by atoms with E-state index in [0.29, 0.717) is 16.9 Å². The number of nitrogens with two attached hydrogens (primary N) is 1. The van der Waals surface area contributed by atoms with Crippen molar-refractivity contribution in [2.24, 2.45) is 0 Å². The molecule has 1 amide bonds. The lowest BCUT2D eigenvalue weighted by Crippen LogP contribution is -2.15. The number of amides is 1. The minimum atomic E-state index is -4.51. The lowest BCUT2D eigenvalue weighted by Gasteiger charge is -2.15. The highest BCUT2D eigenvalue weighted by Crippen LogP contribution is 2.34. The number of benzene rings is 2. The second kappa shape index (κ2) is 8.75. The Morgan fingerprint density at radius 1 is 1.13 bits per heavy atom. The summed E-state index contributed by atoms with van der Waals surface area (Å²) in [4.78, 5) is 20.4. The van der Waals surface area contributed by atoms with Gasteiger partial charge in [-0.25, -0.2) is 9.97 Å². The summed E-state index contributed by atoms with van der Waals surface area (Å²) in [7, 11) is 1.46. The summed E-state index contributed by atoms with van der Waals surface area (Å²) in [5.41, 5.74) is 5.76. The van der Waals surface area contributed by atoms with Gasteiger partial charge in [0.15, 0.2) is 0 Å². The van der Waals surface area contributed by atoms with Gasteiger partial charge >= 0.3 is 6.18 Å². The van der Waals surface area contributed by atoms with Crippen LogP contribution in [0.4, 0.5) is 24.8 Å². The van der Waals surface area contributed by atoms with Gasteiger partial charge in [-0.15, -0.1) is 0 Å². The first-order valence-electron chi connectivity index (χ1n) is 8.95. The van der Waals surface area contributed by atoms with Crippen molar-refractivity contribution >= 4 is 17.5 Å². The summed E-state index contributed by atoms with van der Waals surface area (Å²) in [6.07, 6.45) is -1.61. The Hall–Kier alpha value is -4.06. The Bertz CT molecular complexity index is 1180. The van der Waals surface area contributed by atoms with Gasteiger partial charge in [-0.1, -0.05) is 17.9 Å². The van der Waals surface area contributed by atoms with Gasteiger partial charge < -0.3 is 15.8 Å². The molecule has 0 atom stereocenters. The van der Waals surface area contributed by atoms with E-state index in [-0.39, 0.29) is 22.8 Å². The van der Waals surface area contributed by atoms with E-state index in [2.05, 4.69) is 27.1 Å². The van der Waals surface area contributed by atoms with E-state index < -0.39 is 17.6 Å². The Morgan fingerprint density at radius 2 is 1.84 bits per heavy atom. The molecule has 0 fully saturated rings. The van der Waals surface area contributed by atoms with Crippen molar-refractivity contribution in [1.82, 2.24) is 9.97 Å². The zero-order valence-corrected chi connectivity index (χ0v) is 16.5. The number of methoxy groups -OCH3 is 1. The highest BCUT2D eigenvalue weighted by atomic mass is 19.4. The van der Waals surface area contributed by atoms with E-state index in [1.807, 2.05) is 0 Å². The summed E-state index contributed by atoms with van der Waals surface area (Å²) >= 11 is 0. The smallest absolute Gasteiger partial charge is 0.416 e. The van der Waals surface area contributed by atoms with E-state index in [1.165, 1.54) is 50.7 Å². The van der Waals surface area contributed by atoms with Gasteiger partial charge in [-0.2, -0.15) is 13.2 Å². The molecule has 0 radical (unpaired) electrons. The number of hydrogen-bond acceptors (Lipinski definition) is 5. The molecule has 0 aliphatic rings. The van der Waals surface area contributed by atoms with Crippen molar-refractivity contribution in [1.29, 1.82) is 0 Å². The van der Waals surface area contributed by atoms with Crippen LogP contribution in [-0.4, -0.2) is 23.0 Å². The molecule has 3 aromatic rings. The minimum Gasteiger partial charge on any atom is -0.495 e. The maximum Gasteiger partial charge on any atom is 0.416 e. The number of nitrogens with zero attached hydrogens (tertiary/aromatic N) is 2. The number of ether oxygens (including phenoxy) is 1. The standard InChI is InChI=1S/C22H17F3N4O2/c1-13-17(22(23,24)25)4-3-5-18(13)29-20(30)16-8-9-19(31-2)15(10-16)7-6-14-11-27-21(26)28-12-14/h3-5,8-12H,1-2H3,(H,29,30)(H2,26,27,28). The molecular formula is C22H17F3N4O2. The first kappa shape index (κ1) is 21.6. The number of nitrogen functional groups attached to an aromatic ring is 1. The van der Waals surface area contributed by atoms with Crippen LogP contribution in [0.15, 0.2) is 48.8 Å². The molecule has 3 rings (SSSR count). The molecule has 9 heteroatoms. The quantitative estimate of drug-likeness (QED) is 0.617. The average Bonchev–Trinajstić information content (AvgIpc) is 2.73. The molecule has 1 aromatic heterocycles. The third kappa shape index (κ3) is 5.11. The number of carbonyl (C=O) groups is 1. The fourth-order valence-corrected chi connectivity index (χ4v) is 2.76. The van der Waals surface area contributed by atoms with Crippen molar-refractivity contribution in [3.63, 3.8) is 0 Å². The number of alkyl halides is 3. The van der Waals surface area contributed by atoms with E-state index >= 15 is 0 Å². The zero-order chi connectivity index (χ0) is 22.6. The highest BCUT2D eigenvalue weighted by molar-refractivity contribution is 6.05. The molecule has 0 unspecified atom stereocenters. The number of hydrogen-bond donors (Lipinski definition) is 2. The fourth-order valence-electron chi connectivity index (χ4n) is 2.76. The van der Waals surface area contributed by atoms with Crippen LogP contribution in [0.3, 0.4) is 0 Å². The van der Waals surface area contributed by atoms with Crippen molar-refractivity contribution in [2.75, 3.05) is 18.2 Å². The van der Waals surface area contributed by atoms with E-state index in [0.717, 1.165) is 6.07 Å². The van der Waals surface area contributed by atoms with Gasteiger partial charge in [-0.3, -0.25) is 4.79 Å². The van der Waals surface area contributed by atoms with Gasteiger partial charge in [0.05, 0.1) is 23.8 Å². The lowest BCUT2D eigenvalue weighted by molar-refractivity contribution is -0.138. The first-order valence-corrected chi connectivity index (χ1v) is 8.95. The second-order valence-electron chi connectivity index (χ2n) is 6.43. The van der Waals surface area contributed by atoms with Gasteiger partial charge in [0.25, 0.3) is 5.91 Å².